The van der Waals surface area contributed by atoms with Gasteiger partial charge < -0.3 is 15.2 Å². The van der Waals surface area contributed by atoms with Gasteiger partial charge in [-0.05, 0) is 30.4 Å². The minimum atomic E-state index is -0.510. The highest BCUT2D eigenvalue weighted by molar-refractivity contribution is 5.94. The van der Waals surface area contributed by atoms with Gasteiger partial charge >= 0.3 is 0 Å². The topological polar surface area (TPSA) is 121 Å². The van der Waals surface area contributed by atoms with E-state index < -0.39 is 5.91 Å². The first-order chi connectivity index (χ1) is 15.1. The number of nitrogens with two attached hydrogens (primary N) is 1. The highest BCUT2D eigenvalue weighted by atomic mass is 16.5. The minimum absolute atomic E-state index is 0.314. The van der Waals surface area contributed by atoms with Crippen LogP contribution in [0.5, 0.6) is 5.75 Å². The summed E-state index contributed by atoms with van der Waals surface area (Å²) in [6, 6.07) is 7.11. The Bertz CT molecular complexity index is 1320. The molecule has 3 aromatic heterocycles. The second kappa shape index (κ2) is 7.69. The summed E-state index contributed by atoms with van der Waals surface area (Å²) in [6.07, 6.45) is 7.35. The van der Waals surface area contributed by atoms with Gasteiger partial charge in [-0.25, -0.2) is 0 Å². The van der Waals surface area contributed by atoms with E-state index in [4.69, 9.17) is 15.2 Å². The lowest BCUT2D eigenvalue weighted by Gasteiger charge is -2.11. The number of ether oxygens (including phenoxy) is 2. The third-order valence-corrected chi connectivity index (χ3v) is 5.26. The summed E-state index contributed by atoms with van der Waals surface area (Å²) in [4.78, 5) is 16.2. The lowest BCUT2D eigenvalue weighted by Crippen LogP contribution is -2.12. The van der Waals surface area contributed by atoms with Crippen molar-refractivity contribution >= 4 is 29.0 Å². The maximum absolute atomic E-state index is 11.6. The highest BCUT2D eigenvalue weighted by Crippen LogP contribution is 2.28. The van der Waals surface area contributed by atoms with Crippen LogP contribution in [0.15, 0.2) is 36.7 Å². The number of nitrogens with zero attached hydrogens (tertiary/aromatic N) is 4. The van der Waals surface area contributed by atoms with Gasteiger partial charge in [0.1, 0.15) is 12.4 Å². The van der Waals surface area contributed by atoms with E-state index in [1.165, 1.54) is 0 Å². The van der Waals surface area contributed by atoms with Gasteiger partial charge in [0.05, 0.1) is 48.2 Å². The van der Waals surface area contributed by atoms with Crippen LogP contribution >= 0.6 is 0 Å². The maximum Gasteiger partial charge on any atom is 0.248 e. The molecular weight excluding hydrogens is 396 g/mol. The second-order valence-electron chi connectivity index (χ2n) is 7.20. The van der Waals surface area contributed by atoms with Crippen LogP contribution in [0.2, 0.25) is 0 Å². The fraction of sp³-hybridized carbons (Fsp3) is 0.182. The molecule has 1 aromatic carbocycles. The number of aromatic amines is 1. The van der Waals surface area contributed by atoms with E-state index in [1.54, 1.807) is 35.3 Å². The minimum Gasteiger partial charge on any atom is -0.491 e. The van der Waals surface area contributed by atoms with Crippen molar-refractivity contribution in [3.8, 4) is 17.0 Å². The Morgan fingerprint density at radius 1 is 1.19 bits per heavy atom. The molecule has 1 amide bonds. The quantitative estimate of drug-likeness (QED) is 0.492. The van der Waals surface area contributed by atoms with E-state index in [-0.39, 0.29) is 0 Å². The molecule has 0 saturated heterocycles. The zero-order valence-corrected chi connectivity index (χ0v) is 16.8. The SMILES string of the molecule is Cn1ncc2c1COCCOc1cc(C(N)=O)ccc1/C=C/c1n[nH]c3cnc-2cc13. The first-order valence-corrected chi connectivity index (χ1v) is 9.78. The third kappa shape index (κ3) is 3.55. The molecule has 4 heterocycles. The van der Waals surface area contributed by atoms with E-state index in [9.17, 15) is 4.79 Å². The van der Waals surface area contributed by atoms with E-state index in [2.05, 4.69) is 20.3 Å². The van der Waals surface area contributed by atoms with Crippen molar-refractivity contribution in [2.45, 2.75) is 6.61 Å². The van der Waals surface area contributed by atoms with Crippen molar-refractivity contribution < 1.29 is 14.3 Å². The number of carbonyl (C=O) groups excluding carboxylic acids is 1. The van der Waals surface area contributed by atoms with Crippen LogP contribution < -0.4 is 10.5 Å². The van der Waals surface area contributed by atoms with Crippen molar-refractivity contribution in [1.82, 2.24) is 25.0 Å². The number of aryl methyl sites for hydroxylation is 1. The molecule has 1 aliphatic rings. The number of primary amides is 1. The molecule has 5 rings (SSSR count). The highest BCUT2D eigenvalue weighted by Gasteiger charge is 2.15. The number of carbonyl (C=O) groups is 1. The number of fused-ring (bicyclic) bond motifs is 4. The van der Waals surface area contributed by atoms with Crippen LogP contribution in [0.1, 0.15) is 27.3 Å². The fourth-order valence-corrected chi connectivity index (χ4v) is 3.56. The monoisotopic (exact) mass is 416 g/mol. The van der Waals surface area contributed by atoms with Gasteiger partial charge in [0.15, 0.2) is 0 Å². The van der Waals surface area contributed by atoms with Crippen LogP contribution in [0, 0.1) is 0 Å². The molecule has 0 atom stereocenters. The maximum atomic E-state index is 11.6. The summed E-state index contributed by atoms with van der Waals surface area (Å²) in [5, 5.41) is 12.7. The van der Waals surface area contributed by atoms with Gasteiger partial charge in [-0.3, -0.25) is 19.6 Å². The van der Waals surface area contributed by atoms with E-state index >= 15 is 0 Å². The average molecular weight is 416 g/mol. The summed E-state index contributed by atoms with van der Waals surface area (Å²) in [7, 11) is 1.87. The molecule has 0 aliphatic carbocycles. The van der Waals surface area contributed by atoms with Gasteiger partial charge in [0.2, 0.25) is 5.91 Å². The van der Waals surface area contributed by atoms with Gasteiger partial charge in [0, 0.05) is 29.1 Å². The number of pyridine rings is 1. The molecule has 9 heteroatoms. The number of amides is 1. The largest absolute Gasteiger partial charge is 0.491 e. The Morgan fingerprint density at radius 2 is 2.10 bits per heavy atom. The van der Waals surface area contributed by atoms with E-state index in [0.29, 0.717) is 31.1 Å². The van der Waals surface area contributed by atoms with Crippen molar-refractivity contribution in [3.05, 3.63) is 59.2 Å². The number of hydrogen-bond donors (Lipinski definition) is 2. The van der Waals surface area contributed by atoms with Crippen LogP contribution in [-0.4, -0.2) is 44.1 Å². The molecule has 0 saturated carbocycles. The van der Waals surface area contributed by atoms with Gasteiger partial charge in [-0.1, -0.05) is 6.07 Å². The normalized spacial score (nSPS) is 14.9. The fourth-order valence-electron chi connectivity index (χ4n) is 3.56. The number of benzene rings is 1. The van der Waals surface area contributed by atoms with E-state index in [1.807, 2.05) is 25.3 Å². The van der Waals surface area contributed by atoms with Crippen molar-refractivity contribution in [1.29, 1.82) is 0 Å². The van der Waals surface area contributed by atoms with Gasteiger partial charge in [-0.2, -0.15) is 10.2 Å². The first kappa shape index (κ1) is 19.0. The smallest absolute Gasteiger partial charge is 0.248 e. The summed E-state index contributed by atoms with van der Waals surface area (Å²) < 4.78 is 13.5. The van der Waals surface area contributed by atoms with Crippen LogP contribution in [-0.2, 0) is 18.4 Å². The molecule has 0 fully saturated rings. The predicted molar refractivity (Wildman–Crippen MR) is 115 cm³/mol. The Hall–Kier alpha value is -3.98. The molecule has 9 nitrogen and oxygen atoms in total. The summed E-state index contributed by atoms with van der Waals surface area (Å²) in [5.41, 5.74) is 10.8. The summed E-state index contributed by atoms with van der Waals surface area (Å²) in [5.74, 6) is 0.0408. The molecule has 0 spiro atoms. The number of hydrogen-bond acceptors (Lipinski definition) is 6. The summed E-state index contributed by atoms with van der Waals surface area (Å²) >= 11 is 0. The second-order valence-corrected chi connectivity index (χ2v) is 7.20. The molecule has 3 N–H and O–H groups in total. The molecule has 1 aliphatic heterocycles. The van der Waals surface area contributed by atoms with Gasteiger partial charge in [0.25, 0.3) is 0 Å². The zero-order valence-electron chi connectivity index (χ0n) is 16.8. The van der Waals surface area contributed by atoms with Crippen molar-refractivity contribution in [2.75, 3.05) is 13.2 Å². The van der Waals surface area contributed by atoms with Crippen molar-refractivity contribution in [2.24, 2.45) is 12.8 Å². The molecule has 0 radical (unpaired) electrons. The molecule has 2 bridgehead atoms. The Labute approximate surface area is 177 Å². The molecule has 31 heavy (non-hydrogen) atoms. The Morgan fingerprint density at radius 3 is 2.97 bits per heavy atom. The predicted octanol–water partition coefficient (Wildman–Crippen LogP) is 2.54. The zero-order chi connectivity index (χ0) is 21.4. The average Bonchev–Trinajstić information content (AvgIpc) is 3.34. The van der Waals surface area contributed by atoms with Gasteiger partial charge in [-0.15, -0.1) is 0 Å². The Kier molecular flexibility index (Phi) is 4.72. The van der Waals surface area contributed by atoms with E-state index in [0.717, 1.165) is 39.1 Å². The first-order valence-electron chi connectivity index (χ1n) is 9.78. The standard InChI is InChI=1S/C22H20N6O3/c1-28-20-12-30-6-7-31-21-8-14(22(23)29)3-2-13(21)4-5-17-15-9-18(16(20)10-25-28)24-11-19(15)27-26-17/h2-5,8-11H,6-7,12H2,1H3,(H2,23,29)(H,26,27)/b5-4+. The van der Waals surface area contributed by atoms with Crippen LogP contribution in [0.4, 0.5) is 0 Å². The van der Waals surface area contributed by atoms with Crippen LogP contribution in [0.25, 0.3) is 34.3 Å². The Balaban J connectivity index is 1.63. The lowest BCUT2D eigenvalue weighted by molar-refractivity contribution is 0.0852. The third-order valence-electron chi connectivity index (χ3n) is 5.26. The lowest BCUT2D eigenvalue weighted by atomic mass is 10.1. The number of H-pyrrole nitrogens is 1. The van der Waals surface area contributed by atoms with Crippen LogP contribution in [0.3, 0.4) is 0 Å². The van der Waals surface area contributed by atoms with Crippen molar-refractivity contribution in [3.63, 3.8) is 0 Å². The number of rotatable bonds is 1. The number of aromatic nitrogens is 5. The molecule has 156 valence electrons. The number of nitrogens with one attached hydrogen (secondary N) is 1. The molecule has 0 unspecified atom stereocenters. The summed E-state index contributed by atoms with van der Waals surface area (Å²) in [6.45, 7) is 1.04. The molecule has 4 aromatic rings. The molecular formula is C22H20N6O3.